The summed E-state index contributed by atoms with van der Waals surface area (Å²) < 4.78 is 5.51. The molecule has 2 N–H and O–H groups in total. The van der Waals surface area contributed by atoms with Crippen molar-refractivity contribution < 1.29 is 14.8 Å². The van der Waals surface area contributed by atoms with Crippen molar-refractivity contribution in [1.82, 2.24) is 4.98 Å². The summed E-state index contributed by atoms with van der Waals surface area (Å²) in [6, 6.07) is 3.13. The Morgan fingerprint density at radius 2 is 1.70 bits per heavy atom. The third-order valence-electron chi connectivity index (χ3n) is 3.30. The second kappa shape index (κ2) is 10.7. The zero-order valence-electron chi connectivity index (χ0n) is 12.4. The molecule has 0 radical (unpaired) electrons. The molecule has 0 saturated heterocycles. The topological polar surface area (TPSA) is 62.6 Å². The molecular weight excluding hydrogens is 253 g/mol. The maximum absolute atomic E-state index is 9.05. The fourth-order valence-corrected chi connectivity index (χ4v) is 2.08. The molecule has 0 aliphatic heterocycles. The Bertz CT molecular complexity index is 361. The van der Waals surface area contributed by atoms with Gasteiger partial charge in [0.2, 0.25) is 5.88 Å². The Labute approximate surface area is 122 Å². The lowest BCUT2D eigenvalue weighted by Gasteiger charge is -2.06. The molecule has 1 heterocycles. The fourth-order valence-electron chi connectivity index (χ4n) is 2.08. The average molecular weight is 279 g/mol. The molecule has 112 valence electrons. The van der Waals surface area contributed by atoms with Gasteiger partial charge in [-0.1, -0.05) is 51.9 Å². The minimum Gasteiger partial charge on any atom is -0.478 e. The number of hydrogen-bond acceptors (Lipinski definition) is 4. The van der Waals surface area contributed by atoms with Gasteiger partial charge in [-0.05, 0) is 17.9 Å². The minimum absolute atomic E-state index is 0.408. The Kier molecular flexibility index (Phi) is 9.08. The van der Waals surface area contributed by atoms with Gasteiger partial charge in [-0.15, -0.1) is 0 Å². The summed E-state index contributed by atoms with van der Waals surface area (Å²) in [5, 5.41) is 18.1. The van der Waals surface area contributed by atoms with Crippen molar-refractivity contribution in [3.05, 3.63) is 18.3 Å². The van der Waals surface area contributed by atoms with Gasteiger partial charge in [0.25, 0.3) is 0 Å². The lowest BCUT2D eigenvalue weighted by molar-refractivity contribution is 0.293. The first-order chi connectivity index (χ1) is 9.74. The summed E-state index contributed by atoms with van der Waals surface area (Å²) in [6.07, 6.45) is 11.6. The van der Waals surface area contributed by atoms with Crippen molar-refractivity contribution in [2.45, 2.75) is 58.3 Å². The molecule has 0 unspecified atom stereocenters. The van der Waals surface area contributed by atoms with Gasteiger partial charge in [-0.3, -0.25) is 0 Å². The highest BCUT2D eigenvalue weighted by atomic mass is 16.5. The van der Waals surface area contributed by atoms with E-state index in [0.29, 0.717) is 17.9 Å². The van der Waals surface area contributed by atoms with Crippen LogP contribution in [0.3, 0.4) is 0 Å². The van der Waals surface area contributed by atoms with Crippen molar-refractivity contribution >= 4 is 12.6 Å². The molecule has 0 atom stereocenters. The lowest BCUT2D eigenvalue weighted by Crippen LogP contribution is -2.29. The van der Waals surface area contributed by atoms with Crippen LogP contribution in [0.4, 0.5) is 0 Å². The summed E-state index contributed by atoms with van der Waals surface area (Å²) in [6.45, 7) is 2.86. The standard InChI is InChI=1S/C15H26BNO3/c1-2-3-4-5-6-7-8-9-12-20-15-13-14(16(18)19)10-11-17-15/h10-11,13,18-19H,2-9,12H2,1H3. The molecule has 1 aromatic rings. The van der Waals surface area contributed by atoms with Crippen molar-refractivity contribution in [3.63, 3.8) is 0 Å². The maximum Gasteiger partial charge on any atom is 0.488 e. The molecule has 5 heteroatoms. The maximum atomic E-state index is 9.05. The van der Waals surface area contributed by atoms with Crippen LogP contribution in [0.15, 0.2) is 18.3 Å². The Balaban J connectivity index is 2.05. The molecule has 0 aliphatic rings. The van der Waals surface area contributed by atoms with E-state index in [4.69, 9.17) is 14.8 Å². The third kappa shape index (κ3) is 7.51. The normalized spacial score (nSPS) is 10.6. The molecule has 0 amide bonds. The van der Waals surface area contributed by atoms with Gasteiger partial charge in [-0.2, -0.15) is 0 Å². The van der Waals surface area contributed by atoms with E-state index in [1.54, 1.807) is 12.1 Å². The second-order valence-electron chi connectivity index (χ2n) is 5.12. The molecule has 20 heavy (non-hydrogen) atoms. The summed E-state index contributed by atoms with van der Waals surface area (Å²) in [4.78, 5) is 4.05. The quantitative estimate of drug-likeness (QED) is 0.482. The molecule has 4 nitrogen and oxygen atoms in total. The Hall–Kier alpha value is -1.07. The van der Waals surface area contributed by atoms with Crippen LogP contribution in [0.25, 0.3) is 0 Å². The number of hydrogen-bond donors (Lipinski definition) is 2. The van der Waals surface area contributed by atoms with Gasteiger partial charge in [0, 0.05) is 12.3 Å². The van der Waals surface area contributed by atoms with E-state index in [-0.39, 0.29) is 0 Å². The van der Waals surface area contributed by atoms with E-state index in [0.717, 1.165) is 6.42 Å². The van der Waals surface area contributed by atoms with Gasteiger partial charge >= 0.3 is 7.12 Å². The zero-order valence-corrected chi connectivity index (χ0v) is 12.4. The first-order valence-corrected chi connectivity index (χ1v) is 7.69. The zero-order chi connectivity index (χ0) is 14.6. The number of aromatic nitrogens is 1. The van der Waals surface area contributed by atoms with Gasteiger partial charge in [0.15, 0.2) is 0 Å². The minimum atomic E-state index is -1.47. The van der Waals surface area contributed by atoms with E-state index in [2.05, 4.69) is 11.9 Å². The van der Waals surface area contributed by atoms with Crippen LogP contribution in [0.2, 0.25) is 0 Å². The molecule has 1 aromatic heterocycles. The van der Waals surface area contributed by atoms with Crippen molar-refractivity contribution in [2.75, 3.05) is 6.61 Å². The van der Waals surface area contributed by atoms with Crippen LogP contribution in [-0.2, 0) is 0 Å². The Morgan fingerprint density at radius 3 is 2.35 bits per heavy atom. The van der Waals surface area contributed by atoms with Crippen LogP contribution >= 0.6 is 0 Å². The lowest BCUT2D eigenvalue weighted by atomic mass is 9.81. The van der Waals surface area contributed by atoms with Crippen molar-refractivity contribution in [1.29, 1.82) is 0 Å². The van der Waals surface area contributed by atoms with Crippen LogP contribution < -0.4 is 10.2 Å². The molecule has 0 spiro atoms. The SMILES string of the molecule is CCCCCCCCCCOc1cc(B(O)O)ccn1. The number of ether oxygens (including phenoxy) is 1. The highest BCUT2D eigenvalue weighted by Gasteiger charge is 2.11. The third-order valence-corrected chi connectivity index (χ3v) is 3.30. The van der Waals surface area contributed by atoms with Gasteiger partial charge in [0.05, 0.1) is 6.61 Å². The number of nitrogens with zero attached hydrogens (tertiary/aromatic N) is 1. The fraction of sp³-hybridized carbons (Fsp3) is 0.667. The number of pyridine rings is 1. The van der Waals surface area contributed by atoms with Crippen LogP contribution in [-0.4, -0.2) is 28.8 Å². The summed E-state index contributed by atoms with van der Waals surface area (Å²) in [7, 11) is -1.47. The second-order valence-corrected chi connectivity index (χ2v) is 5.12. The molecule has 0 fully saturated rings. The van der Waals surface area contributed by atoms with Crippen molar-refractivity contribution in [3.8, 4) is 5.88 Å². The predicted octanol–water partition coefficient (Wildman–Crippen LogP) is 2.28. The largest absolute Gasteiger partial charge is 0.488 e. The average Bonchev–Trinajstić information content (AvgIpc) is 2.46. The van der Waals surface area contributed by atoms with Crippen LogP contribution in [0.5, 0.6) is 5.88 Å². The molecule has 1 rings (SSSR count). The van der Waals surface area contributed by atoms with Crippen LogP contribution in [0, 0.1) is 0 Å². The van der Waals surface area contributed by atoms with E-state index < -0.39 is 7.12 Å². The highest BCUT2D eigenvalue weighted by molar-refractivity contribution is 6.58. The van der Waals surface area contributed by atoms with E-state index in [1.807, 2.05) is 0 Å². The monoisotopic (exact) mass is 279 g/mol. The smallest absolute Gasteiger partial charge is 0.478 e. The summed E-state index contributed by atoms with van der Waals surface area (Å²) in [5.41, 5.74) is 0.408. The Morgan fingerprint density at radius 1 is 1.05 bits per heavy atom. The molecule has 0 bridgehead atoms. The molecule has 0 aromatic carbocycles. The predicted molar refractivity (Wildman–Crippen MR) is 82.2 cm³/mol. The van der Waals surface area contributed by atoms with Crippen molar-refractivity contribution in [2.24, 2.45) is 0 Å². The molecule has 0 aliphatic carbocycles. The molecule has 0 saturated carbocycles. The number of rotatable bonds is 11. The molecular formula is C15H26BNO3. The van der Waals surface area contributed by atoms with Gasteiger partial charge < -0.3 is 14.8 Å². The summed E-state index contributed by atoms with van der Waals surface area (Å²) in [5.74, 6) is 0.457. The van der Waals surface area contributed by atoms with Gasteiger partial charge in [-0.25, -0.2) is 4.98 Å². The first kappa shape index (κ1) is 17.0. The van der Waals surface area contributed by atoms with E-state index in [9.17, 15) is 0 Å². The van der Waals surface area contributed by atoms with E-state index >= 15 is 0 Å². The highest BCUT2D eigenvalue weighted by Crippen LogP contribution is 2.09. The van der Waals surface area contributed by atoms with Gasteiger partial charge in [0.1, 0.15) is 0 Å². The number of unbranched alkanes of at least 4 members (excludes halogenated alkanes) is 7. The van der Waals surface area contributed by atoms with E-state index in [1.165, 1.54) is 51.1 Å². The van der Waals surface area contributed by atoms with Crippen LogP contribution in [0.1, 0.15) is 58.3 Å². The first-order valence-electron chi connectivity index (χ1n) is 7.69. The summed E-state index contributed by atoms with van der Waals surface area (Å²) >= 11 is 0.